The molecule has 0 saturated carbocycles. The molecule has 1 saturated heterocycles. The molecule has 1 aromatic carbocycles. The topological polar surface area (TPSA) is 72.4 Å². The minimum Gasteiger partial charge on any atom is -0.359 e. The van der Waals surface area contributed by atoms with Gasteiger partial charge in [-0.1, -0.05) is 54.5 Å². The number of amides is 1. The molecule has 6 nitrogen and oxygen atoms in total. The van der Waals surface area contributed by atoms with Gasteiger partial charge < -0.3 is 13.9 Å². The van der Waals surface area contributed by atoms with Crippen molar-refractivity contribution in [2.45, 2.75) is 38.6 Å². The molecule has 0 aliphatic carbocycles. The Morgan fingerprint density at radius 1 is 1.15 bits per heavy atom. The molecule has 2 aromatic heterocycles. The van der Waals surface area contributed by atoms with Crippen LogP contribution in [0.15, 0.2) is 51.5 Å². The van der Waals surface area contributed by atoms with E-state index in [0.29, 0.717) is 18.2 Å². The standard InChI is InChI=1S/C20H21N3O3/c1-13(2)15-11-18(25-21-15)17-9-6-10-23(17)20(24)19-12-16(22-26-19)14-7-4-3-5-8-14/h3-5,7-8,11-13,17H,6,9-10H2,1-2H3. The van der Waals surface area contributed by atoms with Gasteiger partial charge in [-0.25, -0.2) is 0 Å². The van der Waals surface area contributed by atoms with E-state index >= 15 is 0 Å². The van der Waals surface area contributed by atoms with Crippen LogP contribution in [0.1, 0.15) is 60.7 Å². The summed E-state index contributed by atoms with van der Waals surface area (Å²) in [5.74, 6) is 1.12. The molecular formula is C20H21N3O3. The quantitative estimate of drug-likeness (QED) is 0.695. The number of nitrogens with zero attached hydrogens (tertiary/aromatic N) is 3. The number of carbonyl (C=O) groups excluding carboxylic acids is 1. The molecular weight excluding hydrogens is 330 g/mol. The molecule has 0 spiro atoms. The van der Waals surface area contributed by atoms with E-state index in [1.165, 1.54) is 0 Å². The van der Waals surface area contributed by atoms with E-state index in [0.717, 1.165) is 29.9 Å². The van der Waals surface area contributed by atoms with Gasteiger partial charge in [0, 0.05) is 24.2 Å². The average molecular weight is 351 g/mol. The number of benzene rings is 1. The van der Waals surface area contributed by atoms with Crippen molar-refractivity contribution in [1.82, 2.24) is 15.2 Å². The summed E-state index contributed by atoms with van der Waals surface area (Å²) in [7, 11) is 0. The molecule has 1 unspecified atom stereocenters. The molecule has 0 bridgehead atoms. The molecule has 1 fully saturated rings. The lowest BCUT2D eigenvalue weighted by Crippen LogP contribution is -2.30. The number of likely N-dealkylation sites (tertiary alicyclic amines) is 1. The highest BCUT2D eigenvalue weighted by molar-refractivity contribution is 5.92. The van der Waals surface area contributed by atoms with Crippen LogP contribution in [0.2, 0.25) is 0 Å². The smallest absolute Gasteiger partial charge is 0.293 e. The second kappa shape index (κ2) is 6.78. The van der Waals surface area contributed by atoms with E-state index in [9.17, 15) is 4.79 Å². The Kier molecular flexibility index (Phi) is 4.32. The van der Waals surface area contributed by atoms with E-state index in [4.69, 9.17) is 9.05 Å². The van der Waals surface area contributed by atoms with Gasteiger partial charge in [-0.2, -0.15) is 0 Å². The molecule has 3 heterocycles. The van der Waals surface area contributed by atoms with Gasteiger partial charge in [-0.3, -0.25) is 4.79 Å². The van der Waals surface area contributed by atoms with Crippen molar-refractivity contribution in [2.24, 2.45) is 0 Å². The van der Waals surface area contributed by atoms with Crippen molar-refractivity contribution in [3.63, 3.8) is 0 Å². The number of carbonyl (C=O) groups is 1. The fraction of sp³-hybridized carbons (Fsp3) is 0.350. The zero-order chi connectivity index (χ0) is 18.1. The lowest BCUT2D eigenvalue weighted by atomic mass is 10.1. The Morgan fingerprint density at radius 3 is 2.69 bits per heavy atom. The monoisotopic (exact) mass is 351 g/mol. The second-order valence-electron chi connectivity index (χ2n) is 6.91. The Labute approximate surface area is 151 Å². The van der Waals surface area contributed by atoms with Crippen LogP contribution in [-0.2, 0) is 0 Å². The largest absolute Gasteiger partial charge is 0.359 e. The highest BCUT2D eigenvalue weighted by Gasteiger charge is 2.35. The summed E-state index contributed by atoms with van der Waals surface area (Å²) in [6, 6.07) is 13.2. The number of rotatable bonds is 4. The summed E-state index contributed by atoms with van der Waals surface area (Å²) in [4.78, 5) is 14.7. The molecule has 134 valence electrons. The molecule has 4 rings (SSSR count). The number of hydrogen-bond acceptors (Lipinski definition) is 5. The highest BCUT2D eigenvalue weighted by atomic mass is 16.5. The first-order valence-corrected chi connectivity index (χ1v) is 8.93. The lowest BCUT2D eigenvalue weighted by Gasteiger charge is -2.21. The lowest BCUT2D eigenvalue weighted by molar-refractivity contribution is 0.0672. The van der Waals surface area contributed by atoms with Crippen molar-refractivity contribution in [2.75, 3.05) is 6.54 Å². The van der Waals surface area contributed by atoms with Crippen LogP contribution < -0.4 is 0 Å². The van der Waals surface area contributed by atoms with Crippen LogP contribution >= 0.6 is 0 Å². The third-order valence-corrected chi connectivity index (χ3v) is 4.77. The van der Waals surface area contributed by atoms with Gasteiger partial charge in [0.15, 0.2) is 5.76 Å². The van der Waals surface area contributed by atoms with Crippen LogP contribution in [-0.4, -0.2) is 27.7 Å². The Bertz CT molecular complexity index is 898. The van der Waals surface area contributed by atoms with E-state index in [1.54, 1.807) is 11.0 Å². The number of hydrogen-bond donors (Lipinski definition) is 0. The van der Waals surface area contributed by atoms with Gasteiger partial charge in [-0.05, 0) is 18.8 Å². The molecule has 3 aromatic rings. The van der Waals surface area contributed by atoms with Gasteiger partial charge in [0.1, 0.15) is 5.69 Å². The van der Waals surface area contributed by atoms with Crippen LogP contribution in [0.3, 0.4) is 0 Å². The summed E-state index contributed by atoms with van der Waals surface area (Å²) in [6.07, 6.45) is 1.78. The summed E-state index contributed by atoms with van der Waals surface area (Å²) in [6.45, 7) is 4.81. The van der Waals surface area contributed by atoms with Crippen LogP contribution in [0.5, 0.6) is 0 Å². The molecule has 0 radical (unpaired) electrons. The fourth-order valence-corrected chi connectivity index (χ4v) is 3.30. The van der Waals surface area contributed by atoms with Crippen molar-refractivity contribution < 1.29 is 13.8 Å². The predicted molar refractivity (Wildman–Crippen MR) is 95.5 cm³/mol. The minimum atomic E-state index is -0.162. The van der Waals surface area contributed by atoms with Gasteiger partial charge >= 0.3 is 0 Å². The van der Waals surface area contributed by atoms with E-state index in [1.807, 2.05) is 36.4 Å². The van der Waals surface area contributed by atoms with Gasteiger partial charge in [0.2, 0.25) is 5.76 Å². The maximum atomic E-state index is 12.9. The third kappa shape index (κ3) is 3.03. The fourth-order valence-electron chi connectivity index (χ4n) is 3.30. The van der Waals surface area contributed by atoms with Crippen molar-refractivity contribution in [3.05, 3.63) is 59.7 Å². The van der Waals surface area contributed by atoms with Crippen molar-refractivity contribution in [3.8, 4) is 11.3 Å². The SMILES string of the molecule is CC(C)c1cc(C2CCCN2C(=O)c2cc(-c3ccccc3)no2)on1. The second-order valence-corrected chi connectivity index (χ2v) is 6.91. The molecule has 1 aliphatic heterocycles. The molecule has 6 heteroatoms. The molecule has 26 heavy (non-hydrogen) atoms. The Hall–Kier alpha value is -2.89. The first-order chi connectivity index (χ1) is 12.6. The van der Waals surface area contributed by atoms with E-state index < -0.39 is 0 Å². The number of aromatic nitrogens is 2. The van der Waals surface area contributed by atoms with Gasteiger partial charge in [0.25, 0.3) is 5.91 Å². The van der Waals surface area contributed by atoms with E-state index in [-0.39, 0.29) is 17.7 Å². The van der Waals surface area contributed by atoms with Crippen molar-refractivity contribution >= 4 is 5.91 Å². The average Bonchev–Trinajstić information content (AvgIpc) is 3.41. The minimum absolute atomic E-state index is 0.104. The zero-order valence-electron chi connectivity index (χ0n) is 14.9. The van der Waals surface area contributed by atoms with Crippen LogP contribution in [0.4, 0.5) is 0 Å². The normalized spacial score (nSPS) is 17.2. The predicted octanol–water partition coefficient (Wildman–Crippen LogP) is 4.43. The van der Waals surface area contributed by atoms with Crippen LogP contribution in [0, 0.1) is 0 Å². The van der Waals surface area contributed by atoms with E-state index in [2.05, 4.69) is 24.2 Å². The summed E-state index contributed by atoms with van der Waals surface area (Å²) < 4.78 is 10.8. The summed E-state index contributed by atoms with van der Waals surface area (Å²) >= 11 is 0. The van der Waals surface area contributed by atoms with Gasteiger partial charge in [0.05, 0.1) is 11.7 Å². The molecule has 1 atom stereocenters. The van der Waals surface area contributed by atoms with Crippen LogP contribution in [0.25, 0.3) is 11.3 Å². The Morgan fingerprint density at radius 2 is 1.96 bits per heavy atom. The summed E-state index contributed by atoms with van der Waals surface area (Å²) in [5.41, 5.74) is 2.49. The van der Waals surface area contributed by atoms with Gasteiger partial charge in [-0.15, -0.1) is 0 Å². The Balaban J connectivity index is 1.56. The first kappa shape index (κ1) is 16.6. The maximum absolute atomic E-state index is 12.9. The first-order valence-electron chi connectivity index (χ1n) is 8.93. The summed E-state index contributed by atoms with van der Waals surface area (Å²) in [5, 5.41) is 8.17. The third-order valence-electron chi connectivity index (χ3n) is 4.77. The highest BCUT2D eigenvalue weighted by Crippen LogP contribution is 2.34. The van der Waals surface area contributed by atoms with Crippen molar-refractivity contribution in [1.29, 1.82) is 0 Å². The zero-order valence-corrected chi connectivity index (χ0v) is 14.9. The molecule has 1 aliphatic rings. The molecule has 0 N–H and O–H groups in total. The molecule has 1 amide bonds. The maximum Gasteiger partial charge on any atom is 0.293 e.